The number of nitrogens with one attached hydrogen (secondary N) is 4. The number of hydrogen-bond donors (Lipinski definition) is 4. The Morgan fingerprint density at radius 3 is 2.10 bits per heavy atom. The number of Topliss-reactive ketones (excluding diaryl/α,β-unsaturated/α-hetero) is 1. The Morgan fingerprint density at radius 1 is 0.875 bits per heavy atom. The van der Waals surface area contributed by atoms with Crippen LogP contribution in [0.5, 0.6) is 0 Å². The molecule has 5 amide bonds. The number of sulfonamides is 1. The largest absolute Gasteiger partial charge is 0.347 e. The van der Waals surface area contributed by atoms with E-state index in [1.807, 2.05) is 0 Å². The summed E-state index contributed by atoms with van der Waals surface area (Å²) >= 11 is 0. The second kappa shape index (κ2) is 14.6. The molecule has 14 heteroatoms. The van der Waals surface area contributed by atoms with Gasteiger partial charge in [0.15, 0.2) is 0 Å². The van der Waals surface area contributed by atoms with E-state index >= 15 is 0 Å². The molecule has 5 unspecified atom stereocenters. The standard InChI is InChI=1S/C34H56N6O7S/c1-33(2)23-20-40-27(26(23)33)29(42)36-24(28(41)30(43)35-22-16-17-22)14-10-7-5-6-8-11-15-25(31(40)44)37-32(45)38-34(18-12-9-13-19-34)21-48(46,47)39(3)4/h22-27H,5-21H2,1-4H3,(H,35,43)(H,36,42)(H2,37,38,45). The summed E-state index contributed by atoms with van der Waals surface area (Å²) in [4.78, 5) is 69.6. The summed E-state index contributed by atoms with van der Waals surface area (Å²) in [6, 6.07) is -3.27. The van der Waals surface area contributed by atoms with Crippen LogP contribution >= 0.6 is 0 Å². The van der Waals surface area contributed by atoms with Gasteiger partial charge in [-0.05, 0) is 55.8 Å². The Morgan fingerprint density at radius 2 is 1.48 bits per heavy atom. The summed E-state index contributed by atoms with van der Waals surface area (Å²) in [5, 5.41) is 11.5. The van der Waals surface area contributed by atoms with Gasteiger partial charge in [0.2, 0.25) is 27.6 Å². The van der Waals surface area contributed by atoms with E-state index in [-0.39, 0.29) is 35.0 Å². The summed E-state index contributed by atoms with van der Waals surface area (Å²) in [5.74, 6) is -2.34. The van der Waals surface area contributed by atoms with Crippen LogP contribution in [0.4, 0.5) is 4.79 Å². The number of urea groups is 1. The van der Waals surface area contributed by atoms with Gasteiger partial charge in [-0.3, -0.25) is 19.2 Å². The van der Waals surface area contributed by atoms with Gasteiger partial charge in [-0.15, -0.1) is 0 Å². The van der Waals surface area contributed by atoms with E-state index in [9.17, 15) is 32.4 Å². The molecule has 4 N–H and O–H groups in total. The summed E-state index contributed by atoms with van der Waals surface area (Å²) in [6.45, 7) is 4.51. The highest BCUT2D eigenvalue weighted by atomic mass is 32.2. The van der Waals surface area contributed by atoms with Crippen LogP contribution in [0.1, 0.15) is 110 Å². The van der Waals surface area contributed by atoms with Crippen molar-refractivity contribution in [3.8, 4) is 0 Å². The lowest BCUT2D eigenvalue weighted by Gasteiger charge is -2.39. The molecule has 5 fully saturated rings. The van der Waals surface area contributed by atoms with E-state index in [0.717, 1.165) is 57.8 Å². The zero-order valence-electron chi connectivity index (χ0n) is 29.1. The minimum atomic E-state index is -3.61. The predicted octanol–water partition coefficient (Wildman–Crippen LogP) is 2.20. The summed E-state index contributed by atoms with van der Waals surface area (Å²) in [5.41, 5.74) is -1.11. The number of ketones is 1. The molecule has 0 aromatic rings. The highest BCUT2D eigenvalue weighted by Crippen LogP contribution is 2.65. The van der Waals surface area contributed by atoms with Gasteiger partial charge in [-0.1, -0.05) is 71.6 Å². The van der Waals surface area contributed by atoms with Gasteiger partial charge >= 0.3 is 6.03 Å². The molecule has 48 heavy (non-hydrogen) atoms. The maximum Gasteiger partial charge on any atom is 0.315 e. The number of piperidine rings is 1. The average Bonchev–Trinajstić information content (AvgIpc) is 3.87. The highest BCUT2D eigenvalue weighted by molar-refractivity contribution is 7.89. The van der Waals surface area contributed by atoms with Crippen molar-refractivity contribution in [3.63, 3.8) is 0 Å². The molecule has 3 aliphatic carbocycles. The first-order valence-electron chi connectivity index (χ1n) is 18.1. The molecule has 0 spiro atoms. The van der Waals surface area contributed by atoms with Crippen molar-refractivity contribution in [3.05, 3.63) is 0 Å². The third-order valence-corrected chi connectivity index (χ3v) is 13.6. The molecular formula is C34H56N6O7S. The number of rotatable bonds is 8. The second-order valence-electron chi connectivity index (χ2n) is 15.8. The van der Waals surface area contributed by atoms with E-state index in [2.05, 4.69) is 35.1 Å². The molecule has 270 valence electrons. The normalized spacial score (nSPS) is 30.9. The lowest BCUT2D eigenvalue weighted by atomic mass is 9.83. The maximum absolute atomic E-state index is 14.3. The van der Waals surface area contributed by atoms with E-state index < -0.39 is 57.3 Å². The van der Waals surface area contributed by atoms with Crippen LogP contribution in [0, 0.1) is 17.3 Å². The number of nitrogens with zero attached hydrogens (tertiary/aromatic N) is 2. The van der Waals surface area contributed by atoms with Crippen molar-refractivity contribution >= 4 is 39.6 Å². The van der Waals surface area contributed by atoms with Gasteiger partial charge in [0.1, 0.15) is 12.1 Å². The summed E-state index contributed by atoms with van der Waals surface area (Å²) in [6.07, 6.45) is 10.9. The van der Waals surface area contributed by atoms with E-state index in [1.165, 1.54) is 18.4 Å². The van der Waals surface area contributed by atoms with Crippen LogP contribution < -0.4 is 21.3 Å². The predicted molar refractivity (Wildman–Crippen MR) is 180 cm³/mol. The third kappa shape index (κ3) is 8.34. The second-order valence-corrected chi connectivity index (χ2v) is 18.0. The Balaban J connectivity index is 1.35. The van der Waals surface area contributed by atoms with Gasteiger partial charge in [-0.2, -0.15) is 0 Å². The number of fused-ring (bicyclic) bond motifs is 3. The lowest BCUT2D eigenvalue weighted by molar-refractivity contribution is -0.144. The minimum Gasteiger partial charge on any atom is -0.347 e. The summed E-state index contributed by atoms with van der Waals surface area (Å²) < 4.78 is 27.0. The molecule has 5 atom stereocenters. The fourth-order valence-corrected chi connectivity index (χ4v) is 9.61. The molecule has 13 nitrogen and oxygen atoms in total. The molecule has 0 radical (unpaired) electrons. The van der Waals surface area contributed by atoms with Crippen molar-refractivity contribution in [2.75, 3.05) is 26.4 Å². The first-order chi connectivity index (χ1) is 22.6. The number of amides is 5. The van der Waals surface area contributed by atoms with E-state index in [0.29, 0.717) is 45.1 Å². The van der Waals surface area contributed by atoms with Gasteiger partial charge in [-0.25, -0.2) is 17.5 Å². The van der Waals surface area contributed by atoms with Crippen LogP contribution in [0.25, 0.3) is 0 Å². The number of hydrogen-bond acceptors (Lipinski definition) is 7. The van der Waals surface area contributed by atoms with Crippen LogP contribution in [0.15, 0.2) is 0 Å². The van der Waals surface area contributed by atoms with Crippen molar-refractivity contribution in [2.24, 2.45) is 17.3 Å². The van der Waals surface area contributed by atoms with Crippen molar-refractivity contribution in [2.45, 2.75) is 140 Å². The molecule has 2 saturated heterocycles. The van der Waals surface area contributed by atoms with Gasteiger partial charge in [0.25, 0.3) is 5.91 Å². The molecular weight excluding hydrogens is 636 g/mol. The van der Waals surface area contributed by atoms with Crippen LogP contribution in [-0.4, -0.2) is 103 Å². The van der Waals surface area contributed by atoms with Gasteiger partial charge in [0, 0.05) is 26.7 Å². The number of carbonyl (C=O) groups is 5. The lowest BCUT2D eigenvalue weighted by Crippen LogP contribution is -2.62. The molecule has 2 aliphatic heterocycles. The van der Waals surface area contributed by atoms with Crippen molar-refractivity contribution < 1.29 is 32.4 Å². The SMILES string of the molecule is CN(C)S(=O)(=O)CC1(NC(=O)NC2CCCCCCCCC(C(=O)C(=O)NC3CC3)NC(=O)C3C4C(CN3C2=O)C4(C)C)CCCCC1. The molecule has 3 saturated carbocycles. The zero-order chi connectivity index (χ0) is 34.9. The number of carbonyl (C=O) groups excluding carboxylic acids is 5. The molecule has 0 aromatic carbocycles. The Kier molecular flexibility index (Phi) is 11.1. The minimum absolute atomic E-state index is 0.0161. The maximum atomic E-state index is 14.3. The molecule has 0 bridgehead atoms. The highest BCUT2D eigenvalue weighted by Gasteiger charge is 2.69. The smallest absolute Gasteiger partial charge is 0.315 e. The van der Waals surface area contributed by atoms with E-state index in [1.54, 1.807) is 4.90 Å². The van der Waals surface area contributed by atoms with Crippen molar-refractivity contribution in [1.29, 1.82) is 0 Å². The summed E-state index contributed by atoms with van der Waals surface area (Å²) in [7, 11) is -0.643. The molecule has 0 aromatic heterocycles. The van der Waals surface area contributed by atoms with Crippen molar-refractivity contribution in [1.82, 2.24) is 30.5 Å². The average molecular weight is 693 g/mol. The first-order valence-corrected chi connectivity index (χ1v) is 19.7. The van der Waals surface area contributed by atoms with Crippen LogP contribution in [0.3, 0.4) is 0 Å². The Hall–Kier alpha value is -2.74. The van der Waals surface area contributed by atoms with Gasteiger partial charge in [0.05, 0.1) is 17.3 Å². The fourth-order valence-electron chi connectivity index (χ4n) is 8.29. The fraction of sp³-hybridized carbons (Fsp3) is 0.853. The quantitative estimate of drug-likeness (QED) is 0.282. The monoisotopic (exact) mass is 692 g/mol. The first kappa shape index (κ1) is 36.5. The molecule has 5 rings (SSSR count). The van der Waals surface area contributed by atoms with Crippen LogP contribution in [0.2, 0.25) is 0 Å². The van der Waals surface area contributed by atoms with Crippen LogP contribution in [-0.2, 0) is 29.2 Å². The van der Waals surface area contributed by atoms with E-state index in [4.69, 9.17) is 0 Å². The van der Waals surface area contributed by atoms with Gasteiger partial charge < -0.3 is 26.2 Å². The topological polar surface area (TPSA) is 174 Å². The molecule has 2 heterocycles. The third-order valence-electron chi connectivity index (χ3n) is 11.6. The Labute approximate surface area is 285 Å². The molecule has 5 aliphatic rings. The Bertz CT molecular complexity index is 1360. The zero-order valence-corrected chi connectivity index (χ0v) is 30.0.